The molecule has 0 N–H and O–H groups in total. The average Bonchev–Trinajstić information content (AvgIpc) is 1.86. The van der Waals surface area contributed by atoms with Gasteiger partial charge in [0.15, 0.2) is 0 Å². The van der Waals surface area contributed by atoms with Crippen LogP contribution in [0.3, 0.4) is 0 Å². The van der Waals surface area contributed by atoms with Crippen LogP contribution in [0, 0.1) is 12.3 Å². The van der Waals surface area contributed by atoms with Crippen molar-refractivity contribution < 1.29 is 12.6 Å². The number of terminal acetylenes is 1. The minimum atomic E-state index is -3.47. The first-order chi connectivity index (χ1) is 4.64. The van der Waals surface area contributed by atoms with Crippen LogP contribution in [-0.2, 0) is 14.3 Å². The molecule has 0 spiro atoms. The monoisotopic (exact) mass is 158 g/mol. The van der Waals surface area contributed by atoms with Gasteiger partial charge < -0.3 is 0 Å². The largest absolute Gasteiger partial charge is 0.290 e. The highest BCUT2D eigenvalue weighted by atomic mass is 32.2. The minimum absolute atomic E-state index is 0.468. The Labute approximate surface area is 59.8 Å². The molecule has 0 radical (unpaired) electrons. The fraction of sp³-hybridized carbons (Fsp3) is 0.333. The predicted octanol–water partition coefficient (Wildman–Crippen LogP) is 0.252. The second-order valence-corrected chi connectivity index (χ2v) is 3.30. The Morgan fingerprint density at radius 3 is 2.80 bits per heavy atom. The molecule has 0 aliphatic carbocycles. The van der Waals surface area contributed by atoms with Gasteiger partial charge in [-0.15, -0.1) is 6.42 Å². The van der Waals surface area contributed by atoms with E-state index >= 15 is 0 Å². The van der Waals surface area contributed by atoms with Crippen LogP contribution in [0.25, 0.3) is 0 Å². The number of hydrogen-bond acceptors (Lipinski definition) is 3. The summed E-state index contributed by atoms with van der Waals surface area (Å²) in [7, 11) is -3.47. The topological polar surface area (TPSA) is 43.4 Å². The molecule has 0 saturated carbocycles. The smallest absolute Gasteiger partial charge is 0.250 e. The Kier molecular flexibility index (Phi) is 1.79. The van der Waals surface area contributed by atoms with Gasteiger partial charge in [-0.3, -0.25) is 4.18 Å². The normalized spacial score (nSPS) is 29.3. The van der Waals surface area contributed by atoms with Crippen molar-refractivity contribution in [2.24, 2.45) is 0 Å². The molecule has 4 heteroatoms. The molecule has 0 aromatic rings. The maximum Gasteiger partial charge on any atom is 0.290 e. The van der Waals surface area contributed by atoms with Gasteiger partial charge in [-0.25, -0.2) is 0 Å². The quantitative estimate of drug-likeness (QED) is 0.375. The molecule has 1 heterocycles. The Morgan fingerprint density at radius 2 is 2.40 bits per heavy atom. The van der Waals surface area contributed by atoms with E-state index in [0.717, 1.165) is 5.41 Å². The highest BCUT2D eigenvalue weighted by molar-refractivity contribution is 7.89. The summed E-state index contributed by atoms with van der Waals surface area (Å²) in [5.41, 5.74) is 0. The van der Waals surface area contributed by atoms with E-state index in [1.165, 1.54) is 6.08 Å². The first-order valence-electron chi connectivity index (χ1n) is 2.70. The van der Waals surface area contributed by atoms with E-state index < -0.39 is 16.2 Å². The van der Waals surface area contributed by atoms with E-state index in [9.17, 15) is 8.42 Å². The average molecular weight is 158 g/mol. The van der Waals surface area contributed by atoms with Crippen molar-refractivity contribution in [2.45, 2.75) is 12.5 Å². The van der Waals surface area contributed by atoms with E-state index in [1.54, 1.807) is 0 Å². The van der Waals surface area contributed by atoms with E-state index in [4.69, 9.17) is 6.42 Å². The molecule has 0 aromatic heterocycles. The Hall–Kier alpha value is -0.790. The lowest BCUT2D eigenvalue weighted by molar-refractivity contribution is 0.267. The molecular weight excluding hydrogens is 152 g/mol. The van der Waals surface area contributed by atoms with E-state index in [2.05, 4.69) is 10.1 Å². The highest BCUT2D eigenvalue weighted by Gasteiger charge is 2.17. The third-order valence-electron chi connectivity index (χ3n) is 1.05. The molecule has 0 saturated heterocycles. The first kappa shape index (κ1) is 7.32. The van der Waals surface area contributed by atoms with Crippen molar-refractivity contribution in [3.63, 3.8) is 0 Å². The lowest BCUT2D eigenvalue weighted by atomic mass is 10.3. The number of rotatable bonds is 0. The second-order valence-electron chi connectivity index (χ2n) is 1.85. The lowest BCUT2D eigenvalue weighted by Crippen LogP contribution is -2.17. The maximum absolute atomic E-state index is 10.6. The summed E-state index contributed by atoms with van der Waals surface area (Å²) in [6.45, 7) is 0. The zero-order valence-corrected chi connectivity index (χ0v) is 5.97. The molecular formula is C6H6O3S. The Balaban J connectivity index is 2.86. The molecule has 1 aliphatic rings. The number of hydrogen-bond donors (Lipinski definition) is 0. The fourth-order valence-corrected chi connectivity index (χ4v) is 1.49. The summed E-state index contributed by atoms with van der Waals surface area (Å²) < 4.78 is 25.7. The van der Waals surface area contributed by atoms with Gasteiger partial charge in [0.1, 0.15) is 6.10 Å². The first-order valence-corrected chi connectivity index (χ1v) is 4.17. The van der Waals surface area contributed by atoms with Crippen molar-refractivity contribution in [3.8, 4) is 12.3 Å². The highest BCUT2D eigenvalue weighted by Crippen LogP contribution is 2.11. The van der Waals surface area contributed by atoms with Crippen LogP contribution in [0.15, 0.2) is 11.5 Å². The maximum atomic E-state index is 10.6. The summed E-state index contributed by atoms with van der Waals surface area (Å²) >= 11 is 0. The van der Waals surface area contributed by atoms with Crippen LogP contribution in [0.5, 0.6) is 0 Å². The van der Waals surface area contributed by atoms with Gasteiger partial charge in [0.25, 0.3) is 10.1 Å². The van der Waals surface area contributed by atoms with Crippen LogP contribution in [-0.4, -0.2) is 14.5 Å². The van der Waals surface area contributed by atoms with Gasteiger partial charge in [0.05, 0.1) is 5.41 Å². The zero-order valence-electron chi connectivity index (χ0n) is 5.15. The molecule has 54 valence electrons. The fourth-order valence-electron chi connectivity index (χ4n) is 0.626. The zero-order chi connectivity index (χ0) is 7.61. The third kappa shape index (κ3) is 1.59. The van der Waals surface area contributed by atoms with Crippen molar-refractivity contribution >= 4 is 10.1 Å². The van der Waals surface area contributed by atoms with Gasteiger partial charge >= 0.3 is 0 Å². The third-order valence-corrected chi connectivity index (χ3v) is 2.08. The summed E-state index contributed by atoms with van der Waals surface area (Å²) in [6.07, 6.45) is 6.29. The Bertz CT molecular complexity index is 281. The van der Waals surface area contributed by atoms with Crippen molar-refractivity contribution in [1.82, 2.24) is 0 Å². The van der Waals surface area contributed by atoms with E-state index in [1.807, 2.05) is 0 Å². The van der Waals surface area contributed by atoms with Gasteiger partial charge in [0, 0.05) is 6.42 Å². The van der Waals surface area contributed by atoms with E-state index in [0.29, 0.717) is 6.42 Å². The summed E-state index contributed by atoms with van der Waals surface area (Å²) in [4.78, 5) is 0. The molecule has 1 rings (SSSR count). The minimum Gasteiger partial charge on any atom is -0.250 e. The molecule has 10 heavy (non-hydrogen) atoms. The van der Waals surface area contributed by atoms with Crippen LogP contribution in [0.4, 0.5) is 0 Å². The van der Waals surface area contributed by atoms with Gasteiger partial charge in [-0.1, -0.05) is 12.0 Å². The predicted molar refractivity (Wildman–Crippen MR) is 36.4 cm³/mol. The van der Waals surface area contributed by atoms with Crippen LogP contribution < -0.4 is 0 Å². The molecule has 1 unspecified atom stereocenters. The van der Waals surface area contributed by atoms with Crippen LogP contribution in [0.1, 0.15) is 6.42 Å². The van der Waals surface area contributed by atoms with Crippen LogP contribution in [0.2, 0.25) is 0 Å². The standard InChI is InChI=1S/C6H6O3S/c1-2-6-4-3-5-10(7,8)9-6/h1,3,5-6H,4H2. The van der Waals surface area contributed by atoms with Crippen molar-refractivity contribution in [3.05, 3.63) is 11.5 Å². The summed E-state index contributed by atoms with van der Waals surface area (Å²) in [6, 6.07) is 0. The summed E-state index contributed by atoms with van der Waals surface area (Å²) in [5, 5.41) is 1.01. The summed E-state index contributed by atoms with van der Waals surface area (Å²) in [5.74, 6) is 2.21. The second kappa shape index (κ2) is 2.45. The van der Waals surface area contributed by atoms with Gasteiger partial charge in [-0.05, 0) is 0 Å². The molecule has 1 aliphatic heterocycles. The van der Waals surface area contributed by atoms with Gasteiger partial charge in [0.2, 0.25) is 0 Å². The molecule has 0 aromatic carbocycles. The van der Waals surface area contributed by atoms with E-state index in [-0.39, 0.29) is 0 Å². The van der Waals surface area contributed by atoms with Crippen LogP contribution >= 0.6 is 0 Å². The molecule has 0 amide bonds. The SMILES string of the molecule is C#CC1CC=CS(=O)(=O)O1. The lowest BCUT2D eigenvalue weighted by Gasteiger charge is -2.11. The van der Waals surface area contributed by atoms with Gasteiger partial charge in [-0.2, -0.15) is 8.42 Å². The van der Waals surface area contributed by atoms with Crippen molar-refractivity contribution in [2.75, 3.05) is 0 Å². The molecule has 0 bridgehead atoms. The Morgan fingerprint density at radius 1 is 1.70 bits per heavy atom. The molecule has 1 atom stereocenters. The molecule has 3 nitrogen and oxygen atoms in total. The van der Waals surface area contributed by atoms with Crippen molar-refractivity contribution in [1.29, 1.82) is 0 Å². The molecule has 0 fully saturated rings.